The molecule has 0 aliphatic rings. The molecule has 2 rings (SSSR count). The van der Waals surface area contributed by atoms with Crippen LogP contribution in [0.3, 0.4) is 0 Å². The number of amides is 1. The number of H-pyrrole nitrogens is 1. The van der Waals surface area contributed by atoms with Gasteiger partial charge in [-0.15, -0.1) is 0 Å². The fraction of sp³-hybridized carbons (Fsp3) is 0.389. The normalized spacial score (nSPS) is 11.2. The molecule has 0 spiro atoms. The Morgan fingerprint density at radius 3 is 2.40 bits per heavy atom. The van der Waals surface area contributed by atoms with Crippen LogP contribution in [0.25, 0.3) is 11.3 Å². The van der Waals surface area contributed by atoms with Gasteiger partial charge in [0.1, 0.15) is 5.75 Å². The second-order valence-corrected chi connectivity index (χ2v) is 5.86. The molecule has 1 aromatic carbocycles. The molecule has 7 nitrogen and oxygen atoms in total. The summed E-state index contributed by atoms with van der Waals surface area (Å²) in [5.74, 6) is -0.543. The van der Waals surface area contributed by atoms with Gasteiger partial charge in [-0.2, -0.15) is 5.10 Å². The molecule has 0 radical (unpaired) electrons. The molecule has 0 atom stereocenters. The number of methoxy groups -OCH3 is 1. The van der Waals surface area contributed by atoms with Crippen LogP contribution in [-0.4, -0.2) is 40.8 Å². The van der Waals surface area contributed by atoms with Crippen molar-refractivity contribution >= 4 is 11.9 Å². The molecule has 0 aliphatic carbocycles. The number of rotatable bonds is 8. The summed E-state index contributed by atoms with van der Waals surface area (Å²) in [4.78, 5) is 24.1. The first-order valence-corrected chi connectivity index (χ1v) is 8.16. The van der Waals surface area contributed by atoms with Crippen molar-refractivity contribution in [1.29, 1.82) is 0 Å². The van der Waals surface area contributed by atoms with E-state index in [1.807, 2.05) is 26.0 Å². The summed E-state index contributed by atoms with van der Waals surface area (Å²) >= 11 is 0. The number of carbonyl (C=O) groups excluding carboxylic acids is 1. The monoisotopic (exact) mass is 345 g/mol. The number of nitrogens with one attached hydrogen (secondary N) is 2. The van der Waals surface area contributed by atoms with E-state index in [-0.39, 0.29) is 12.5 Å². The lowest BCUT2D eigenvalue weighted by Crippen LogP contribution is -2.42. The predicted molar refractivity (Wildman–Crippen MR) is 93.6 cm³/mol. The number of hydrogen-bond acceptors (Lipinski definition) is 4. The Hall–Kier alpha value is -2.83. The highest BCUT2D eigenvalue weighted by Gasteiger charge is 2.35. The summed E-state index contributed by atoms with van der Waals surface area (Å²) in [5.41, 5.74) is 0.782. The lowest BCUT2D eigenvalue weighted by Gasteiger charge is -2.26. The lowest BCUT2D eigenvalue weighted by molar-refractivity contribution is -0.149. The van der Waals surface area contributed by atoms with Crippen LogP contribution < -0.4 is 10.1 Å². The summed E-state index contributed by atoms with van der Waals surface area (Å²) in [7, 11) is 1.58. The number of ether oxygens (including phenoxy) is 1. The highest BCUT2D eigenvalue weighted by molar-refractivity contribution is 6.00. The van der Waals surface area contributed by atoms with Crippen molar-refractivity contribution in [1.82, 2.24) is 15.5 Å². The Morgan fingerprint density at radius 1 is 1.24 bits per heavy atom. The molecular formula is C18H23N3O4. The minimum atomic E-state index is -0.959. The third-order valence-electron chi connectivity index (χ3n) is 4.66. The molecule has 0 bridgehead atoms. The van der Waals surface area contributed by atoms with Crippen molar-refractivity contribution in [3.8, 4) is 17.0 Å². The molecule has 25 heavy (non-hydrogen) atoms. The van der Waals surface area contributed by atoms with E-state index in [4.69, 9.17) is 4.74 Å². The van der Waals surface area contributed by atoms with Gasteiger partial charge >= 0.3 is 5.97 Å². The molecule has 0 saturated heterocycles. The smallest absolute Gasteiger partial charge is 0.311 e. The van der Waals surface area contributed by atoms with E-state index < -0.39 is 11.4 Å². The van der Waals surface area contributed by atoms with E-state index in [1.165, 1.54) is 6.20 Å². The van der Waals surface area contributed by atoms with Gasteiger partial charge in [0.05, 0.1) is 30.0 Å². The zero-order valence-corrected chi connectivity index (χ0v) is 14.6. The zero-order chi connectivity index (χ0) is 18.4. The first-order valence-electron chi connectivity index (χ1n) is 8.16. The minimum Gasteiger partial charge on any atom is -0.497 e. The fourth-order valence-corrected chi connectivity index (χ4v) is 2.66. The minimum absolute atomic E-state index is 0.0708. The average Bonchev–Trinajstić information content (AvgIpc) is 3.12. The topological polar surface area (TPSA) is 104 Å². The quantitative estimate of drug-likeness (QED) is 0.682. The van der Waals surface area contributed by atoms with Crippen LogP contribution in [0.5, 0.6) is 5.75 Å². The molecule has 3 N–H and O–H groups in total. The van der Waals surface area contributed by atoms with Crippen molar-refractivity contribution in [3.05, 3.63) is 36.0 Å². The second-order valence-electron chi connectivity index (χ2n) is 5.86. The molecule has 1 amide bonds. The maximum absolute atomic E-state index is 12.5. The van der Waals surface area contributed by atoms with Gasteiger partial charge in [0.2, 0.25) is 0 Å². The van der Waals surface area contributed by atoms with Crippen LogP contribution in [0.2, 0.25) is 0 Å². The number of carbonyl (C=O) groups is 2. The van der Waals surface area contributed by atoms with E-state index in [9.17, 15) is 14.7 Å². The second kappa shape index (κ2) is 7.83. The van der Waals surface area contributed by atoms with Gasteiger partial charge in [0, 0.05) is 12.1 Å². The number of aromatic nitrogens is 2. The largest absolute Gasteiger partial charge is 0.497 e. The third kappa shape index (κ3) is 3.81. The van der Waals surface area contributed by atoms with Crippen LogP contribution in [0, 0.1) is 5.41 Å². The van der Waals surface area contributed by atoms with Crippen molar-refractivity contribution in [3.63, 3.8) is 0 Å². The Balaban J connectivity index is 2.18. The van der Waals surface area contributed by atoms with Crippen molar-refractivity contribution in [2.75, 3.05) is 13.7 Å². The van der Waals surface area contributed by atoms with Crippen molar-refractivity contribution < 1.29 is 19.4 Å². The van der Waals surface area contributed by atoms with Crippen LogP contribution in [0.4, 0.5) is 0 Å². The number of hydrogen-bond donors (Lipinski definition) is 3. The van der Waals surface area contributed by atoms with E-state index in [1.54, 1.807) is 19.2 Å². The van der Waals surface area contributed by atoms with Gasteiger partial charge < -0.3 is 15.2 Å². The Bertz CT molecular complexity index is 733. The van der Waals surface area contributed by atoms with Gasteiger partial charge in [-0.3, -0.25) is 14.7 Å². The van der Waals surface area contributed by atoms with E-state index in [0.717, 1.165) is 5.56 Å². The third-order valence-corrected chi connectivity index (χ3v) is 4.66. The van der Waals surface area contributed by atoms with Gasteiger partial charge in [0.25, 0.3) is 5.91 Å². The first kappa shape index (κ1) is 18.5. The predicted octanol–water partition coefficient (Wildman–Crippen LogP) is 2.71. The molecule has 1 heterocycles. The number of carboxylic acids is 1. The molecular weight excluding hydrogens is 322 g/mol. The molecule has 0 aliphatic heterocycles. The fourth-order valence-electron chi connectivity index (χ4n) is 2.66. The van der Waals surface area contributed by atoms with Crippen LogP contribution in [0.15, 0.2) is 30.5 Å². The van der Waals surface area contributed by atoms with Crippen LogP contribution in [-0.2, 0) is 4.79 Å². The van der Waals surface area contributed by atoms with E-state index in [2.05, 4.69) is 15.5 Å². The maximum atomic E-state index is 12.5. The van der Waals surface area contributed by atoms with E-state index in [0.29, 0.717) is 29.8 Å². The number of nitrogens with zero attached hydrogens (tertiary/aromatic N) is 1. The lowest BCUT2D eigenvalue weighted by atomic mass is 9.82. The number of aromatic amines is 1. The molecule has 0 saturated carbocycles. The average molecular weight is 345 g/mol. The van der Waals surface area contributed by atoms with Gasteiger partial charge in [-0.05, 0) is 37.1 Å². The molecule has 134 valence electrons. The Kier molecular flexibility index (Phi) is 5.80. The zero-order valence-electron chi connectivity index (χ0n) is 14.6. The van der Waals surface area contributed by atoms with E-state index >= 15 is 0 Å². The van der Waals surface area contributed by atoms with Gasteiger partial charge in [0.15, 0.2) is 0 Å². The number of carboxylic acid groups (broad SMARTS) is 1. The maximum Gasteiger partial charge on any atom is 0.311 e. The molecule has 7 heteroatoms. The molecule has 1 aromatic heterocycles. The van der Waals surface area contributed by atoms with Crippen LogP contribution in [0.1, 0.15) is 37.0 Å². The SMILES string of the molecule is CCC(CC)(CNC(=O)c1cn[nH]c1-c1ccc(OC)cc1)C(=O)O. The number of aliphatic carboxylic acids is 1. The highest BCUT2D eigenvalue weighted by Crippen LogP contribution is 2.27. The van der Waals surface area contributed by atoms with Crippen LogP contribution >= 0.6 is 0 Å². The molecule has 2 aromatic rings. The summed E-state index contributed by atoms with van der Waals surface area (Å²) in [5, 5.41) is 19.0. The first-order chi connectivity index (χ1) is 12.0. The summed E-state index contributed by atoms with van der Waals surface area (Å²) < 4.78 is 5.13. The highest BCUT2D eigenvalue weighted by atomic mass is 16.5. The molecule has 0 unspecified atom stereocenters. The summed E-state index contributed by atoms with van der Waals surface area (Å²) in [6.45, 7) is 3.69. The Morgan fingerprint density at radius 2 is 1.88 bits per heavy atom. The summed E-state index contributed by atoms with van der Waals surface area (Å²) in [6, 6.07) is 7.23. The standard InChI is InChI=1S/C18H23N3O4/c1-4-18(5-2,17(23)24)11-19-16(22)14-10-20-21-15(14)12-6-8-13(25-3)9-7-12/h6-10H,4-5,11H2,1-3H3,(H,19,22)(H,20,21)(H,23,24). The van der Waals surface area contributed by atoms with Crippen molar-refractivity contribution in [2.24, 2.45) is 5.41 Å². The van der Waals surface area contributed by atoms with Crippen molar-refractivity contribution in [2.45, 2.75) is 26.7 Å². The molecule has 0 fully saturated rings. The number of benzene rings is 1. The Labute approximate surface area is 146 Å². The summed E-state index contributed by atoms with van der Waals surface area (Å²) in [6.07, 6.45) is 2.32. The van der Waals surface area contributed by atoms with Gasteiger partial charge in [-0.25, -0.2) is 0 Å². The van der Waals surface area contributed by atoms with Gasteiger partial charge in [-0.1, -0.05) is 13.8 Å².